The maximum atomic E-state index is 13.3. The molecule has 3 aromatic rings. The molecular weight excluding hydrogens is 444 g/mol. The number of rotatable bonds is 7. The first-order valence-corrected chi connectivity index (χ1v) is 12.2. The summed E-state index contributed by atoms with van der Waals surface area (Å²) in [5.41, 5.74) is 3.87. The van der Waals surface area contributed by atoms with E-state index in [0.29, 0.717) is 19.5 Å². The summed E-state index contributed by atoms with van der Waals surface area (Å²) >= 11 is 0. The Balaban J connectivity index is 1.28. The van der Waals surface area contributed by atoms with Crippen LogP contribution in [0.5, 0.6) is 5.75 Å². The lowest BCUT2D eigenvalue weighted by Crippen LogP contribution is -2.51. The van der Waals surface area contributed by atoms with E-state index in [1.54, 1.807) is 16.7 Å². The lowest BCUT2D eigenvalue weighted by molar-refractivity contribution is -0.139. The van der Waals surface area contributed by atoms with Gasteiger partial charge in [-0.05, 0) is 73.5 Å². The number of carbonyl (C=O) groups is 2. The molecular formula is C26H32N6O3. The van der Waals surface area contributed by atoms with Crippen molar-refractivity contribution >= 4 is 22.8 Å². The molecule has 0 saturated carbocycles. The van der Waals surface area contributed by atoms with Crippen LogP contribution in [-0.2, 0) is 29.6 Å². The van der Waals surface area contributed by atoms with Gasteiger partial charge in [0, 0.05) is 20.1 Å². The highest BCUT2D eigenvalue weighted by atomic mass is 16.5. The van der Waals surface area contributed by atoms with Crippen LogP contribution in [0.3, 0.4) is 0 Å². The number of carbonyl (C=O) groups excluding carboxylic acids is 2. The highest BCUT2D eigenvalue weighted by molar-refractivity contribution is 5.90. The second kappa shape index (κ2) is 10.0. The molecule has 0 spiro atoms. The molecule has 2 amide bonds. The zero-order valence-corrected chi connectivity index (χ0v) is 20.2. The molecule has 0 bridgehead atoms. The Labute approximate surface area is 204 Å². The fourth-order valence-electron chi connectivity index (χ4n) is 5.26. The Bertz CT molecular complexity index is 1200. The van der Waals surface area contributed by atoms with Crippen molar-refractivity contribution in [2.24, 2.45) is 13.0 Å². The molecule has 184 valence electrons. The first-order chi connectivity index (χ1) is 17.0. The smallest absolute Gasteiger partial charge is 0.243 e. The van der Waals surface area contributed by atoms with Gasteiger partial charge < -0.3 is 20.3 Å². The number of hydrogen-bond acceptors (Lipinski definition) is 6. The normalized spacial score (nSPS) is 22.0. The van der Waals surface area contributed by atoms with Crippen LogP contribution in [0.4, 0.5) is 0 Å². The van der Waals surface area contributed by atoms with E-state index in [0.717, 1.165) is 48.2 Å². The number of hydrogen-bond donors (Lipinski definition) is 2. The van der Waals surface area contributed by atoms with E-state index in [1.807, 2.05) is 37.4 Å². The first-order valence-electron chi connectivity index (χ1n) is 12.2. The van der Waals surface area contributed by atoms with Crippen molar-refractivity contribution < 1.29 is 14.3 Å². The third-order valence-corrected chi connectivity index (χ3v) is 7.16. The molecule has 2 N–H and O–H groups in total. The number of likely N-dealkylation sites (tertiary alicyclic amines) is 1. The highest BCUT2D eigenvalue weighted by Crippen LogP contribution is 2.29. The number of methoxy groups -OCH3 is 1. The number of benzene rings is 2. The van der Waals surface area contributed by atoms with Gasteiger partial charge in [0.05, 0.1) is 18.7 Å². The van der Waals surface area contributed by atoms with E-state index >= 15 is 0 Å². The summed E-state index contributed by atoms with van der Waals surface area (Å²) in [4.78, 5) is 28.4. The van der Waals surface area contributed by atoms with Crippen LogP contribution in [-0.4, -0.2) is 64.0 Å². The third kappa shape index (κ3) is 5.00. The molecule has 35 heavy (non-hydrogen) atoms. The molecule has 9 heteroatoms. The average molecular weight is 477 g/mol. The second-order valence-electron chi connectivity index (χ2n) is 9.56. The van der Waals surface area contributed by atoms with Gasteiger partial charge in [0.15, 0.2) is 0 Å². The van der Waals surface area contributed by atoms with Gasteiger partial charge in [0.25, 0.3) is 0 Å². The molecule has 2 aliphatic rings. The maximum Gasteiger partial charge on any atom is 0.243 e. The summed E-state index contributed by atoms with van der Waals surface area (Å²) in [6.07, 6.45) is 3.28. The van der Waals surface area contributed by atoms with Crippen LogP contribution < -0.4 is 15.4 Å². The summed E-state index contributed by atoms with van der Waals surface area (Å²) in [5, 5.41) is 14.6. The Morgan fingerprint density at radius 1 is 1.17 bits per heavy atom. The van der Waals surface area contributed by atoms with Crippen LogP contribution in [0.2, 0.25) is 0 Å². The zero-order chi connectivity index (χ0) is 24.4. The van der Waals surface area contributed by atoms with E-state index < -0.39 is 6.04 Å². The predicted octanol–water partition coefficient (Wildman–Crippen LogP) is 1.80. The Morgan fingerprint density at radius 2 is 1.97 bits per heavy atom. The molecule has 5 rings (SSSR count). The van der Waals surface area contributed by atoms with Crippen LogP contribution in [0, 0.1) is 5.92 Å². The van der Waals surface area contributed by atoms with Crippen LogP contribution in [0.1, 0.15) is 30.4 Å². The van der Waals surface area contributed by atoms with Crippen LogP contribution in [0.25, 0.3) is 11.0 Å². The van der Waals surface area contributed by atoms with E-state index in [4.69, 9.17) is 4.74 Å². The molecule has 1 aromatic heterocycles. The van der Waals surface area contributed by atoms with Crippen molar-refractivity contribution in [3.63, 3.8) is 0 Å². The first kappa shape index (κ1) is 23.3. The van der Waals surface area contributed by atoms with Gasteiger partial charge in [0.1, 0.15) is 17.3 Å². The maximum absolute atomic E-state index is 13.3. The number of nitrogens with zero attached hydrogens (tertiary/aromatic N) is 4. The van der Waals surface area contributed by atoms with Crippen LogP contribution >= 0.6 is 0 Å². The lowest BCUT2D eigenvalue weighted by atomic mass is 9.96. The Morgan fingerprint density at radius 3 is 2.71 bits per heavy atom. The largest absolute Gasteiger partial charge is 0.497 e. The van der Waals surface area contributed by atoms with E-state index in [2.05, 4.69) is 33.1 Å². The van der Waals surface area contributed by atoms with E-state index in [9.17, 15) is 9.59 Å². The second-order valence-corrected chi connectivity index (χ2v) is 9.56. The topological polar surface area (TPSA) is 101 Å². The van der Waals surface area contributed by atoms with Gasteiger partial charge in [-0.1, -0.05) is 23.4 Å². The van der Waals surface area contributed by atoms with Crippen molar-refractivity contribution in [2.75, 3.05) is 20.2 Å². The SMILES string of the molecule is COc1ccc(C[C@@H]2C[C@@H](C(=O)NCc3ccc4c(c3)nnn4C)N(C(=O)[C@H]3CCCN3)C2)cc1. The van der Waals surface area contributed by atoms with Crippen molar-refractivity contribution in [1.29, 1.82) is 0 Å². The summed E-state index contributed by atoms with van der Waals surface area (Å²) in [6, 6.07) is 13.2. The average Bonchev–Trinajstić information content (AvgIpc) is 3.63. The van der Waals surface area contributed by atoms with E-state index in [-0.39, 0.29) is 23.8 Å². The fraction of sp³-hybridized carbons (Fsp3) is 0.462. The van der Waals surface area contributed by atoms with Crippen LogP contribution in [0.15, 0.2) is 42.5 Å². The summed E-state index contributed by atoms with van der Waals surface area (Å²) in [7, 11) is 3.51. The number of amides is 2. The minimum absolute atomic E-state index is 0.0425. The molecule has 0 unspecified atom stereocenters. The number of aromatic nitrogens is 3. The van der Waals surface area contributed by atoms with E-state index in [1.165, 1.54) is 5.56 Å². The van der Waals surface area contributed by atoms with Crippen molar-refractivity contribution in [3.8, 4) is 5.75 Å². The fourth-order valence-corrected chi connectivity index (χ4v) is 5.26. The summed E-state index contributed by atoms with van der Waals surface area (Å²) in [5.74, 6) is 0.982. The molecule has 0 aliphatic carbocycles. The number of ether oxygens (including phenoxy) is 1. The van der Waals surface area contributed by atoms with Gasteiger partial charge in [-0.15, -0.1) is 5.10 Å². The number of nitrogens with one attached hydrogen (secondary N) is 2. The number of aryl methyl sites for hydroxylation is 1. The molecule has 2 fully saturated rings. The molecule has 0 radical (unpaired) electrons. The molecule has 3 heterocycles. The third-order valence-electron chi connectivity index (χ3n) is 7.16. The predicted molar refractivity (Wildman–Crippen MR) is 132 cm³/mol. The lowest BCUT2D eigenvalue weighted by Gasteiger charge is -2.26. The standard InChI is InChI=1S/C26H32N6O3/c1-31-23-10-7-18(13-22(23)29-30-31)15-28-25(33)24-14-19(12-17-5-8-20(35-2)9-6-17)16-32(24)26(34)21-4-3-11-27-21/h5-10,13,19,21,24,27H,3-4,11-12,14-16H2,1-2H3,(H,28,33)/t19-,21-,24+/m1/s1. The Hall–Kier alpha value is -3.46. The van der Waals surface area contributed by atoms with Crippen molar-refractivity contribution in [2.45, 2.75) is 44.3 Å². The van der Waals surface area contributed by atoms with Gasteiger partial charge in [-0.3, -0.25) is 9.59 Å². The summed E-state index contributed by atoms with van der Waals surface area (Å²) in [6.45, 7) is 1.82. The highest BCUT2D eigenvalue weighted by Gasteiger charge is 2.41. The Kier molecular flexibility index (Phi) is 6.68. The van der Waals surface area contributed by atoms with Crippen molar-refractivity contribution in [1.82, 2.24) is 30.5 Å². The van der Waals surface area contributed by atoms with Gasteiger partial charge >= 0.3 is 0 Å². The molecule has 2 aliphatic heterocycles. The number of fused-ring (bicyclic) bond motifs is 1. The minimum Gasteiger partial charge on any atom is -0.497 e. The molecule has 3 atom stereocenters. The zero-order valence-electron chi connectivity index (χ0n) is 20.2. The quantitative estimate of drug-likeness (QED) is 0.539. The molecule has 2 saturated heterocycles. The minimum atomic E-state index is -0.464. The van der Waals surface area contributed by atoms with Gasteiger partial charge in [0.2, 0.25) is 11.8 Å². The monoisotopic (exact) mass is 476 g/mol. The molecule has 9 nitrogen and oxygen atoms in total. The van der Waals surface area contributed by atoms with Crippen molar-refractivity contribution in [3.05, 3.63) is 53.6 Å². The molecule has 2 aromatic carbocycles. The summed E-state index contributed by atoms with van der Waals surface area (Å²) < 4.78 is 6.98. The van der Waals surface area contributed by atoms with Gasteiger partial charge in [-0.2, -0.15) is 0 Å². The van der Waals surface area contributed by atoms with Gasteiger partial charge in [-0.25, -0.2) is 4.68 Å².